The third kappa shape index (κ3) is 22.8. The summed E-state index contributed by atoms with van der Waals surface area (Å²) in [6, 6.07) is 0. The van der Waals surface area contributed by atoms with Crippen LogP contribution in [0.1, 0.15) is 26.7 Å². The van der Waals surface area contributed by atoms with Gasteiger partial charge in [-0.3, -0.25) is 4.79 Å². The Morgan fingerprint density at radius 1 is 1.08 bits per heavy atom. The molecule has 0 aliphatic carbocycles. The summed E-state index contributed by atoms with van der Waals surface area (Å²) >= 11 is 0. The van der Waals surface area contributed by atoms with Crippen LogP contribution in [0.4, 0.5) is 0 Å². The van der Waals surface area contributed by atoms with Gasteiger partial charge in [-0.2, -0.15) is 0 Å². The molecule has 0 aliphatic heterocycles. The highest BCUT2D eigenvalue weighted by atomic mass is 16.5. The van der Waals surface area contributed by atoms with Crippen molar-refractivity contribution in [1.29, 1.82) is 0 Å². The average Bonchev–Trinajstić information content (AvgIpc) is 1.68. The van der Waals surface area contributed by atoms with E-state index in [0.29, 0.717) is 13.0 Å². The van der Waals surface area contributed by atoms with E-state index in [1.54, 1.807) is 0 Å². The molecule has 0 fully saturated rings. The number of carbonyl (C=O) groups is 1. The lowest BCUT2D eigenvalue weighted by atomic mass is 10.3. The van der Waals surface area contributed by atoms with Crippen LogP contribution >= 0.6 is 0 Å². The van der Waals surface area contributed by atoms with Crippen LogP contribution in [0, 0.1) is 0 Å². The second-order valence-electron chi connectivity index (χ2n) is 1.56. The van der Waals surface area contributed by atoms with Gasteiger partial charge in [0.2, 0.25) is 0 Å². The Hall–Kier alpha value is -0.690. The predicted molar refractivity (Wildman–Crippen MR) is 46.0 cm³/mol. The Balaban J connectivity index is -0.0000000408. The third-order valence-electron chi connectivity index (χ3n) is 0.759. The molecule has 0 aliphatic rings. The van der Waals surface area contributed by atoms with Crippen LogP contribution < -0.4 is 0 Å². The summed E-state index contributed by atoms with van der Waals surface area (Å²) in [6.45, 7) is 4.27. The van der Waals surface area contributed by atoms with Crippen molar-refractivity contribution in [2.24, 2.45) is 0 Å². The Labute approximate surface area is 71.8 Å². The maximum Gasteiger partial charge on any atom is 0.305 e. The summed E-state index contributed by atoms with van der Waals surface area (Å²) in [5.41, 5.74) is 0. The van der Waals surface area contributed by atoms with E-state index in [-0.39, 0.29) is 27.9 Å². The molecule has 0 atom stereocenters. The van der Waals surface area contributed by atoms with Crippen molar-refractivity contribution in [3.05, 3.63) is 0 Å². The van der Waals surface area contributed by atoms with E-state index in [2.05, 4.69) is 4.74 Å². The van der Waals surface area contributed by atoms with Gasteiger partial charge in [-0.25, -0.2) is 0 Å². The van der Waals surface area contributed by atoms with Gasteiger partial charge in [0.05, 0.1) is 6.61 Å². The molecule has 8 N–H and O–H groups in total. The number of ether oxygens (including phenoxy) is 1. The monoisotopic (exact) mass is 188 g/mol. The van der Waals surface area contributed by atoms with Gasteiger partial charge < -0.3 is 26.6 Å². The van der Waals surface area contributed by atoms with E-state index in [1.165, 1.54) is 0 Å². The van der Waals surface area contributed by atoms with Crippen molar-refractivity contribution in [3.8, 4) is 0 Å². The summed E-state index contributed by atoms with van der Waals surface area (Å²) < 4.78 is 4.64. The molecule has 0 heterocycles. The van der Waals surface area contributed by atoms with Gasteiger partial charge in [-0.1, -0.05) is 6.92 Å². The zero-order valence-electron chi connectivity index (χ0n) is 7.44. The maximum absolute atomic E-state index is 10.4. The second-order valence-corrected chi connectivity index (χ2v) is 1.56. The minimum absolute atomic E-state index is 0. The first-order valence-electron chi connectivity index (χ1n) is 2.96. The van der Waals surface area contributed by atoms with Gasteiger partial charge in [0.25, 0.3) is 0 Å². The Morgan fingerprint density at radius 2 is 1.50 bits per heavy atom. The molecule has 0 aromatic carbocycles. The van der Waals surface area contributed by atoms with Gasteiger partial charge in [0.1, 0.15) is 0 Å². The molecule has 0 saturated heterocycles. The van der Waals surface area contributed by atoms with Crippen LogP contribution in [0.5, 0.6) is 0 Å². The van der Waals surface area contributed by atoms with Crippen LogP contribution in [-0.4, -0.2) is 34.5 Å². The molecule has 0 unspecified atom stereocenters. The van der Waals surface area contributed by atoms with E-state index in [4.69, 9.17) is 0 Å². The largest absolute Gasteiger partial charge is 0.466 e. The molecule has 0 aromatic heterocycles. The fourth-order valence-corrected chi connectivity index (χ4v) is 0.437. The topological polar surface area (TPSA) is 152 Å². The average molecular weight is 188 g/mol. The fraction of sp³-hybridized carbons (Fsp3) is 0.833. The number of hydrogen-bond acceptors (Lipinski definition) is 2. The summed E-state index contributed by atoms with van der Waals surface area (Å²) in [5, 5.41) is 0. The first kappa shape index (κ1) is 30.2. The van der Waals surface area contributed by atoms with E-state index in [0.717, 1.165) is 6.42 Å². The Morgan fingerprint density at radius 3 is 1.75 bits per heavy atom. The van der Waals surface area contributed by atoms with E-state index in [9.17, 15) is 4.79 Å². The van der Waals surface area contributed by atoms with E-state index >= 15 is 0 Å². The van der Waals surface area contributed by atoms with Gasteiger partial charge >= 0.3 is 5.97 Å². The van der Waals surface area contributed by atoms with Crippen LogP contribution in [0.3, 0.4) is 0 Å². The van der Waals surface area contributed by atoms with Crippen LogP contribution in [0.2, 0.25) is 0 Å². The lowest BCUT2D eigenvalue weighted by Crippen LogP contribution is -2.01. The predicted octanol–water partition coefficient (Wildman–Crippen LogP) is -1.95. The van der Waals surface area contributed by atoms with Gasteiger partial charge in [-0.05, 0) is 13.3 Å². The summed E-state index contributed by atoms with van der Waals surface area (Å²) in [7, 11) is 0. The first-order valence-corrected chi connectivity index (χ1v) is 2.96. The molecule has 0 aromatic rings. The SMILES string of the molecule is CCCC(=O)OCC.O.O.O.O. The number of rotatable bonds is 3. The van der Waals surface area contributed by atoms with Crippen LogP contribution in [0.15, 0.2) is 0 Å². The highest BCUT2D eigenvalue weighted by Crippen LogP contribution is 1.89. The molecular weight excluding hydrogens is 168 g/mol. The highest BCUT2D eigenvalue weighted by molar-refractivity contribution is 5.69. The highest BCUT2D eigenvalue weighted by Gasteiger charge is 1.95. The number of hydrogen-bond donors (Lipinski definition) is 0. The molecule has 0 radical (unpaired) electrons. The lowest BCUT2D eigenvalue weighted by Gasteiger charge is -1.96. The van der Waals surface area contributed by atoms with Gasteiger partial charge in [0, 0.05) is 6.42 Å². The minimum atomic E-state index is -0.0880. The van der Waals surface area contributed by atoms with Crippen molar-refractivity contribution in [3.63, 3.8) is 0 Å². The zero-order chi connectivity index (χ0) is 6.41. The van der Waals surface area contributed by atoms with Crippen molar-refractivity contribution in [1.82, 2.24) is 0 Å². The van der Waals surface area contributed by atoms with Gasteiger partial charge in [0.15, 0.2) is 0 Å². The third-order valence-corrected chi connectivity index (χ3v) is 0.759. The lowest BCUT2D eigenvalue weighted by molar-refractivity contribution is -0.143. The summed E-state index contributed by atoms with van der Waals surface area (Å²) in [5.74, 6) is -0.0880. The first-order chi connectivity index (χ1) is 3.81. The van der Waals surface area contributed by atoms with E-state index < -0.39 is 0 Å². The quantitative estimate of drug-likeness (QED) is 0.472. The van der Waals surface area contributed by atoms with Gasteiger partial charge in [-0.15, -0.1) is 0 Å². The molecule has 0 amide bonds. The molecule has 0 rings (SSSR count). The smallest absolute Gasteiger partial charge is 0.305 e. The molecule has 6 heteroatoms. The molecule has 0 bridgehead atoms. The van der Waals surface area contributed by atoms with Crippen molar-refractivity contribution >= 4 is 5.97 Å². The maximum atomic E-state index is 10.4. The van der Waals surface area contributed by atoms with E-state index in [1.807, 2.05) is 13.8 Å². The fourth-order valence-electron chi connectivity index (χ4n) is 0.437. The van der Waals surface area contributed by atoms with Crippen molar-refractivity contribution in [2.75, 3.05) is 6.61 Å². The number of carbonyl (C=O) groups excluding carboxylic acids is 1. The molecule has 0 spiro atoms. The number of esters is 1. The minimum Gasteiger partial charge on any atom is -0.466 e. The molecule has 0 saturated carbocycles. The summed E-state index contributed by atoms with van der Waals surface area (Å²) in [4.78, 5) is 10.4. The van der Waals surface area contributed by atoms with Crippen molar-refractivity contribution < 1.29 is 31.4 Å². The summed E-state index contributed by atoms with van der Waals surface area (Å²) in [6.07, 6.45) is 1.42. The van der Waals surface area contributed by atoms with Crippen molar-refractivity contribution in [2.45, 2.75) is 26.7 Å². The Bertz CT molecular complexity index is 66.4. The van der Waals surface area contributed by atoms with Crippen LogP contribution in [0.25, 0.3) is 0 Å². The molecular formula is C6H20O6. The normalized spacial score (nSPS) is 5.83. The zero-order valence-corrected chi connectivity index (χ0v) is 7.44. The second kappa shape index (κ2) is 22.4. The molecule has 80 valence electrons. The standard InChI is InChI=1S/C6H12O2.4H2O/c1-3-5-6(7)8-4-2;;;;/h3-5H2,1-2H3;4*1H2. The molecule has 6 nitrogen and oxygen atoms in total. The van der Waals surface area contributed by atoms with Crippen LogP contribution in [-0.2, 0) is 9.53 Å². The molecule has 12 heavy (non-hydrogen) atoms. The Kier molecular flexibility index (Phi) is 56.5.